The van der Waals surface area contributed by atoms with Crippen molar-refractivity contribution in [2.45, 2.75) is 127 Å². The summed E-state index contributed by atoms with van der Waals surface area (Å²) in [4.78, 5) is 105. The number of ketones is 2. The first-order valence-electron chi connectivity index (χ1n) is 24.9. The second-order valence-electron chi connectivity index (χ2n) is 20.2. The third kappa shape index (κ3) is 11.8. The maximum absolute atomic E-state index is 14.3. The van der Waals surface area contributed by atoms with Gasteiger partial charge >= 0.3 is 18.1 Å². The van der Waals surface area contributed by atoms with Crippen molar-refractivity contribution in [3.05, 3.63) is 48.0 Å². The van der Waals surface area contributed by atoms with Gasteiger partial charge in [-0.1, -0.05) is 58.6 Å². The van der Waals surface area contributed by atoms with Crippen LogP contribution in [0.1, 0.15) is 103 Å². The Morgan fingerprint density at radius 3 is 2.42 bits per heavy atom. The number of halogens is 2. The molecule has 5 aliphatic rings. The number of ether oxygens (including phenoxy) is 3. The van der Waals surface area contributed by atoms with E-state index in [0.29, 0.717) is 19.3 Å². The van der Waals surface area contributed by atoms with Gasteiger partial charge in [-0.15, -0.1) is 29.1 Å². The molecule has 3 fully saturated rings. The van der Waals surface area contributed by atoms with E-state index in [1.54, 1.807) is 26.0 Å². The predicted octanol–water partition coefficient (Wildman–Crippen LogP) is 3.96. The van der Waals surface area contributed by atoms with Gasteiger partial charge in [0, 0.05) is 55.9 Å². The Morgan fingerprint density at radius 1 is 0.958 bits per heavy atom. The van der Waals surface area contributed by atoms with Crippen molar-refractivity contribution < 1.29 is 57.0 Å². The molecular formula is C51H69Cl2N7O12. The second kappa shape index (κ2) is 24.1. The number of nitrogens with one attached hydrogen (secondary N) is 6. The van der Waals surface area contributed by atoms with Gasteiger partial charge in [-0.3, -0.25) is 24.0 Å². The van der Waals surface area contributed by atoms with Crippen molar-refractivity contribution in [2.24, 2.45) is 40.2 Å². The van der Waals surface area contributed by atoms with E-state index in [1.165, 1.54) is 24.5 Å². The van der Waals surface area contributed by atoms with Crippen LogP contribution in [0.3, 0.4) is 0 Å². The number of carbonyl (C=O) groups excluding carboxylic acids is 8. The summed E-state index contributed by atoms with van der Waals surface area (Å²) in [6.07, 6.45) is 9.86. The predicted molar refractivity (Wildman–Crippen MR) is 265 cm³/mol. The molecule has 0 spiro atoms. The number of rotatable bonds is 21. The number of primary amides is 1. The Morgan fingerprint density at radius 2 is 1.71 bits per heavy atom. The third-order valence-corrected chi connectivity index (χ3v) is 16.6. The molecule has 11 atom stereocenters. The molecule has 0 saturated heterocycles. The van der Waals surface area contributed by atoms with Crippen LogP contribution in [0.15, 0.2) is 46.6 Å². The molecule has 1 heterocycles. The highest BCUT2D eigenvalue weighted by Crippen LogP contribution is 2.72. The van der Waals surface area contributed by atoms with Crippen molar-refractivity contribution in [3.63, 3.8) is 0 Å². The minimum absolute atomic E-state index is 0.0364. The van der Waals surface area contributed by atoms with E-state index >= 15 is 0 Å². The number of urea groups is 1. The van der Waals surface area contributed by atoms with E-state index in [0.717, 1.165) is 37.7 Å². The summed E-state index contributed by atoms with van der Waals surface area (Å²) in [6.45, 7) is 8.80. The van der Waals surface area contributed by atoms with Gasteiger partial charge in [-0.25, -0.2) is 14.4 Å². The standard InChI is InChI=1S/C51H69Cl2N7O12/c1-30(2)42(56-20-19-55-41(63)29-70-34-12-9-7-6-8-10-13-34)44(65)60-37(28-59-46(54)67)43(64)57-21-22-58-47(68)71-40-26-49(5)36(35-16-15-32-25-33(61)17-18-48(32,4)50(35,40)53)24-31(3)51(49,39(62)27-52)72-45(66)38-14-11-23-69-38/h11,14,17-18,23,25,30-31,34-37,40,42,56H,6-9,12,15-16,19-22,24,26-29H2,1-5H3,(H,55,63)(H,57,64)(H,58,68)(H,60,65)(H3,54,59,67)/t31-,34?,35+,36+,37-,40+,42-,48+,49+,50+,51+/m1/s1. The Bertz CT molecular complexity index is 2330. The Hall–Kier alpha value is -5.42. The lowest BCUT2D eigenvalue weighted by Gasteiger charge is -2.64. The van der Waals surface area contributed by atoms with Gasteiger partial charge in [0.25, 0.3) is 0 Å². The molecule has 3 saturated carbocycles. The van der Waals surface area contributed by atoms with Gasteiger partial charge in [-0.2, -0.15) is 0 Å². The van der Waals surface area contributed by atoms with Crippen LogP contribution in [-0.2, 0) is 38.2 Å². The van der Waals surface area contributed by atoms with Gasteiger partial charge in [0.05, 0.1) is 23.1 Å². The van der Waals surface area contributed by atoms with Crippen LogP contribution in [-0.4, -0.2) is 127 Å². The average Bonchev–Trinajstić information content (AvgIpc) is 3.94. The van der Waals surface area contributed by atoms with Crippen LogP contribution >= 0.6 is 23.2 Å². The number of carbonyl (C=O) groups is 8. The molecule has 0 aromatic carbocycles. The molecule has 0 radical (unpaired) electrons. The molecule has 0 bridgehead atoms. The molecule has 5 aliphatic carbocycles. The first-order valence-corrected chi connectivity index (χ1v) is 25.8. The van der Waals surface area contributed by atoms with E-state index in [2.05, 4.69) is 43.7 Å². The Balaban J connectivity index is 1.10. The fraction of sp³-hybridized carbons (Fsp3) is 0.647. The Labute approximate surface area is 430 Å². The molecule has 8 N–H and O–H groups in total. The van der Waals surface area contributed by atoms with Crippen LogP contribution in [0.5, 0.6) is 0 Å². The number of alkyl halides is 2. The van der Waals surface area contributed by atoms with Crippen molar-refractivity contribution in [3.8, 4) is 11.8 Å². The van der Waals surface area contributed by atoms with Gasteiger partial charge in [0.2, 0.25) is 23.5 Å². The van der Waals surface area contributed by atoms with Crippen molar-refractivity contribution in [2.75, 3.05) is 45.2 Å². The number of alkyl carbamates (subject to hydrolysis) is 1. The van der Waals surface area contributed by atoms with Crippen LogP contribution in [0.4, 0.5) is 9.59 Å². The molecule has 1 aromatic rings. The van der Waals surface area contributed by atoms with Crippen molar-refractivity contribution >= 4 is 70.6 Å². The van der Waals surface area contributed by atoms with Crippen LogP contribution in [0.25, 0.3) is 0 Å². The zero-order chi connectivity index (χ0) is 52.4. The smallest absolute Gasteiger partial charge is 0.407 e. The molecule has 0 aliphatic heterocycles. The number of fused-ring (bicyclic) bond motifs is 5. The van der Waals surface area contributed by atoms with Crippen molar-refractivity contribution in [1.29, 1.82) is 0 Å². The van der Waals surface area contributed by atoms with E-state index in [1.807, 2.05) is 20.8 Å². The van der Waals surface area contributed by atoms with Gasteiger partial charge in [-0.05, 0) is 87.0 Å². The molecule has 6 amide bonds. The summed E-state index contributed by atoms with van der Waals surface area (Å²) in [5, 5.41) is 16.2. The highest BCUT2D eigenvalue weighted by atomic mass is 35.5. The zero-order valence-electron chi connectivity index (χ0n) is 41.6. The molecule has 1 unspecified atom stereocenters. The summed E-state index contributed by atoms with van der Waals surface area (Å²) < 4.78 is 23.7. The van der Waals surface area contributed by atoms with Gasteiger partial charge in [0.1, 0.15) is 24.9 Å². The number of nitrogens with two attached hydrogens (primary N) is 1. The summed E-state index contributed by atoms with van der Waals surface area (Å²) >= 11 is 14.3. The summed E-state index contributed by atoms with van der Waals surface area (Å²) in [5.74, 6) is 0.924. The topological polar surface area (TPSA) is 276 Å². The molecule has 394 valence electrons. The fourth-order valence-corrected chi connectivity index (χ4v) is 12.7. The molecular weight excluding hydrogens is 974 g/mol. The van der Waals surface area contributed by atoms with E-state index in [-0.39, 0.29) is 81.1 Å². The number of furan rings is 1. The van der Waals surface area contributed by atoms with Crippen molar-refractivity contribution in [1.82, 2.24) is 31.9 Å². The monoisotopic (exact) mass is 1040 g/mol. The number of hydrogen-bond acceptors (Lipinski definition) is 13. The SMILES string of the molecule is CC(C)[C@@H](NCCNC(=O)COC1C#CCCCCC1)C(=O)N[C@H](CNC(N)=O)C(=O)NCCNC(=O)O[C@H]1C[C@@]2(C)[C@@H](C[C@@H](C)[C@]2(OC(=O)c2ccco2)C(=O)CCl)[C@@H]2CCC3=CC(=O)C=C[C@]3(C)[C@@]12Cl. The maximum atomic E-state index is 14.3. The number of amides is 6. The van der Waals surface area contributed by atoms with E-state index < -0.39 is 92.9 Å². The minimum Gasteiger partial charge on any atom is -0.457 e. The number of allylic oxidation sites excluding steroid dienone is 4. The summed E-state index contributed by atoms with van der Waals surface area (Å²) in [7, 11) is 0. The zero-order valence-corrected chi connectivity index (χ0v) is 43.1. The Kier molecular flexibility index (Phi) is 18.7. The highest BCUT2D eigenvalue weighted by molar-refractivity contribution is 6.29. The highest BCUT2D eigenvalue weighted by Gasteiger charge is 2.77. The van der Waals surface area contributed by atoms with Gasteiger partial charge in [0.15, 0.2) is 17.2 Å². The fourth-order valence-electron chi connectivity index (χ4n) is 11.9. The lowest BCUT2D eigenvalue weighted by molar-refractivity contribution is -0.177. The summed E-state index contributed by atoms with van der Waals surface area (Å²) in [6, 6.07) is -0.0473. The normalized spacial score (nSPS) is 30.2. The third-order valence-electron chi connectivity index (χ3n) is 15.4. The molecule has 72 heavy (non-hydrogen) atoms. The quantitative estimate of drug-likeness (QED) is 0.0398. The van der Waals surface area contributed by atoms with E-state index in [9.17, 15) is 38.4 Å². The summed E-state index contributed by atoms with van der Waals surface area (Å²) in [5.41, 5.74) is 2.20. The number of hydrogen-bond donors (Lipinski definition) is 7. The lowest BCUT2D eigenvalue weighted by Crippen LogP contribution is -2.70. The van der Waals surface area contributed by atoms with Gasteiger partial charge < -0.3 is 56.3 Å². The maximum Gasteiger partial charge on any atom is 0.407 e. The van der Waals surface area contributed by atoms with Crippen LogP contribution in [0, 0.1) is 46.3 Å². The largest absolute Gasteiger partial charge is 0.457 e. The second-order valence-corrected chi connectivity index (χ2v) is 21.1. The molecule has 1 aromatic heterocycles. The molecule has 6 rings (SSSR count). The van der Waals surface area contributed by atoms with Crippen LogP contribution < -0.4 is 37.6 Å². The number of Topliss-reactive ketones (excluding diaryl/α,β-unsaturated/α-hetero) is 1. The lowest BCUT2D eigenvalue weighted by atomic mass is 9.45. The first-order chi connectivity index (χ1) is 34.2. The molecule has 19 nitrogen and oxygen atoms in total. The first kappa shape index (κ1) is 55.9. The minimum atomic E-state index is -1.77. The molecule has 21 heteroatoms. The average molecular weight is 1040 g/mol. The number of esters is 1. The van der Waals surface area contributed by atoms with E-state index in [4.69, 9.17) is 47.6 Å². The van der Waals surface area contributed by atoms with Crippen LogP contribution in [0.2, 0.25) is 0 Å².